The minimum absolute atomic E-state index is 0.00229. The predicted octanol–water partition coefficient (Wildman–Crippen LogP) is 6.56. The molecule has 6 heteroatoms. The summed E-state index contributed by atoms with van der Waals surface area (Å²) in [6.45, 7) is 0. The third-order valence-corrected chi connectivity index (χ3v) is 6.58. The van der Waals surface area contributed by atoms with Gasteiger partial charge < -0.3 is 24.1 Å². The van der Waals surface area contributed by atoms with E-state index in [1.165, 1.54) is 24.3 Å². The van der Waals surface area contributed by atoms with Gasteiger partial charge in [0.1, 0.15) is 11.5 Å². The Bertz CT molecular complexity index is 1250. The van der Waals surface area contributed by atoms with Crippen LogP contribution < -0.4 is 18.9 Å². The Morgan fingerprint density at radius 2 is 1.45 bits per heavy atom. The Balaban J connectivity index is 1.69. The SMILES string of the molecule is COc1cc(OC)c(-c2cc3ccccc3s2)cc1C=CCc1cc(OC)c(O)c(OC)c1. The van der Waals surface area contributed by atoms with Crippen molar-refractivity contribution in [3.8, 4) is 39.2 Å². The van der Waals surface area contributed by atoms with Gasteiger partial charge in [-0.2, -0.15) is 0 Å². The molecule has 4 aromatic rings. The second-order valence-electron chi connectivity index (χ2n) is 7.40. The first-order valence-electron chi connectivity index (χ1n) is 10.4. The number of phenolic OH excluding ortho intramolecular Hbond substituents is 1. The van der Waals surface area contributed by atoms with Gasteiger partial charge in [-0.1, -0.05) is 30.4 Å². The summed E-state index contributed by atoms with van der Waals surface area (Å²) in [5.74, 6) is 2.26. The van der Waals surface area contributed by atoms with E-state index in [2.05, 4.69) is 30.3 Å². The van der Waals surface area contributed by atoms with Gasteiger partial charge in [0.15, 0.2) is 11.5 Å². The average Bonchev–Trinajstić information content (AvgIpc) is 3.28. The molecule has 0 aliphatic heterocycles. The number of thiophene rings is 1. The quantitative estimate of drug-likeness (QED) is 0.321. The molecule has 170 valence electrons. The lowest BCUT2D eigenvalue weighted by Crippen LogP contribution is -1.93. The highest BCUT2D eigenvalue weighted by atomic mass is 32.1. The molecular weight excluding hydrogens is 436 g/mol. The Morgan fingerprint density at radius 1 is 0.788 bits per heavy atom. The van der Waals surface area contributed by atoms with Crippen molar-refractivity contribution in [1.82, 2.24) is 0 Å². The number of rotatable bonds is 8. The molecule has 5 nitrogen and oxygen atoms in total. The van der Waals surface area contributed by atoms with Crippen molar-refractivity contribution in [2.75, 3.05) is 28.4 Å². The molecule has 0 fully saturated rings. The Hall–Kier alpha value is -3.64. The first kappa shape index (κ1) is 22.6. The van der Waals surface area contributed by atoms with Crippen LogP contribution in [0.5, 0.6) is 28.7 Å². The zero-order valence-electron chi connectivity index (χ0n) is 19.0. The van der Waals surface area contributed by atoms with Crippen LogP contribution in [-0.4, -0.2) is 33.5 Å². The molecule has 1 heterocycles. The highest BCUT2D eigenvalue weighted by molar-refractivity contribution is 7.22. The normalized spacial score (nSPS) is 11.2. The predicted molar refractivity (Wildman–Crippen MR) is 134 cm³/mol. The molecule has 0 saturated carbocycles. The van der Waals surface area contributed by atoms with Crippen LogP contribution in [0.4, 0.5) is 0 Å². The lowest BCUT2D eigenvalue weighted by atomic mass is 10.0. The second kappa shape index (κ2) is 9.88. The number of benzene rings is 3. The molecule has 4 rings (SSSR count). The van der Waals surface area contributed by atoms with Crippen molar-refractivity contribution in [3.63, 3.8) is 0 Å². The number of methoxy groups -OCH3 is 4. The van der Waals surface area contributed by atoms with Gasteiger partial charge in [0.05, 0.1) is 28.4 Å². The molecule has 3 aromatic carbocycles. The highest BCUT2D eigenvalue weighted by Crippen LogP contribution is 2.42. The summed E-state index contributed by atoms with van der Waals surface area (Å²) in [6, 6.07) is 18.1. The summed E-state index contributed by atoms with van der Waals surface area (Å²) >= 11 is 1.74. The maximum absolute atomic E-state index is 10.1. The molecule has 0 aliphatic rings. The molecule has 0 unspecified atom stereocenters. The number of phenols is 1. The van der Waals surface area contributed by atoms with Crippen molar-refractivity contribution < 1.29 is 24.1 Å². The molecule has 1 N–H and O–H groups in total. The van der Waals surface area contributed by atoms with Gasteiger partial charge in [0.2, 0.25) is 5.75 Å². The minimum atomic E-state index is -0.00229. The lowest BCUT2D eigenvalue weighted by Gasteiger charge is -2.13. The number of hydrogen-bond acceptors (Lipinski definition) is 6. The first-order valence-corrected chi connectivity index (χ1v) is 11.2. The molecule has 0 radical (unpaired) electrons. The van der Waals surface area contributed by atoms with Gasteiger partial charge >= 0.3 is 0 Å². The van der Waals surface area contributed by atoms with Crippen LogP contribution >= 0.6 is 11.3 Å². The fourth-order valence-electron chi connectivity index (χ4n) is 3.75. The summed E-state index contributed by atoms with van der Waals surface area (Å²) in [6.07, 6.45) is 4.70. The van der Waals surface area contributed by atoms with Crippen LogP contribution in [0, 0.1) is 0 Å². The second-order valence-corrected chi connectivity index (χ2v) is 8.48. The van der Waals surface area contributed by atoms with E-state index >= 15 is 0 Å². The summed E-state index contributed by atoms with van der Waals surface area (Å²) in [5, 5.41) is 11.3. The van der Waals surface area contributed by atoms with Crippen molar-refractivity contribution >= 4 is 27.5 Å². The van der Waals surface area contributed by atoms with E-state index in [9.17, 15) is 5.11 Å². The Kier molecular flexibility index (Phi) is 6.75. The number of hydrogen-bond donors (Lipinski definition) is 1. The van der Waals surface area contributed by atoms with E-state index in [1.807, 2.05) is 24.3 Å². The number of ether oxygens (including phenoxy) is 4. The van der Waals surface area contributed by atoms with E-state index in [1.54, 1.807) is 37.7 Å². The fraction of sp³-hybridized carbons (Fsp3) is 0.185. The van der Waals surface area contributed by atoms with E-state index in [0.717, 1.165) is 33.1 Å². The maximum atomic E-state index is 10.1. The van der Waals surface area contributed by atoms with Crippen LogP contribution in [0.25, 0.3) is 26.6 Å². The van der Waals surface area contributed by atoms with Gasteiger partial charge in [0.25, 0.3) is 0 Å². The van der Waals surface area contributed by atoms with Gasteiger partial charge in [-0.05, 0) is 47.7 Å². The number of fused-ring (bicyclic) bond motifs is 1. The van der Waals surface area contributed by atoms with Crippen molar-refractivity contribution in [2.45, 2.75) is 6.42 Å². The molecular formula is C27H26O5S. The minimum Gasteiger partial charge on any atom is -0.502 e. The number of aromatic hydroxyl groups is 1. The third kappa shape index (κ3) is 4.61. The van der Waals surface area contributed by atoms with E-state index in [0.29, 0.717) is 17.9 Å². The van der Waals surface area contributed by atoms with Gasteiger partial charge in [-0.25, -0.2) is 0 Å². The zero-order valence-corrected chi connectivity index (χ0v) is 19.9. The number of allylic oxidation sites excluding steroid dienone is 1. The summed E-state index contributed by atoms with van der Waals surface area (Å²) in [5.41, 5.74) is 2.92. The molecule has 0 aliphatic carbocycles. The molecule has 33 heavy (non-hydrogen) atoms. The van der Waals surface area contributed by atoms with Crippen molar-refractivity contribution in [3.05, 3.63) is 71.8 Å². The summed E-state index contributed by atoms with van der Waals surface area (Å²) < 4.78 is 23.1. The lowest BCUT2D eigenvalue weighted by molar-refractivity contribution is 0.339. The monoisotopic (exact) mass is 462 g/mol. The third-order valence-electron chi connectivity index (χ3n) is 5.43. The van der Waals surface area contributed by atoms with E-state index < -0.39 is 0 Å². The topological polar surface area (TPSA) is 57.2 Å². The van der Waals surface area contributed by atoms with Crippen molar-refractivity contribution in [2.24, 2.45) is 0 Å². The maximum Gasteiger partial charge on any atom is 0.200 e. The van der Waals surface area contributed by atoms with Crippen LogP contribution in [0.3, 0.4) is 0 Å². The van der Waals surface area contributed by atoms with Crippen molar-refractivity contribution in [1.29, 1.82) is 0 Å². The Morgan fingerprint density at radius 3 is 2.09 bits per heavy atom. The molecule has 0 saturated heterocycles. The molecule has 0 atom stereocenters. The first-order chi connectivity index (χ1) is 16.1. The van der Waals surface area contributed by atoms with Crippen LogP contribution in [0.1, 0.15) is 11.1 Å². The van der Waals surface area contributed by atoms with Crippen LogP contribution in [-0.2, 0) is 6.42 Å². The Labute approximate surface area is 197 Å². The molecule has 0 spiro atoms. The van der Waals surface area contributed by atoms with Gasteiger partial charge in [-0.15, -0.1) is 11.3 Å². The fourth-order valence-corrected chi connectivity index (χ4v) is 4.83. The zero-order chi connectivity index (χ0) is 23.4. The molecule has 0 bridgehead atoms. The van der Waals surface area contributed by atoms with Gasteiger partial charge in [0, 0.05) is 26.8 Å². The smallest absolute Gasteiger partial charge is 0.200 e. The summed E-state index contributed by atoms with van der Waals surface area (Å²) in [4.78, 5) is 1.14. The van der Waals surface area contributed by atoms with Crippen LogP contribution in [0.15, 0.2) is 60.7 Å². The molecule has 1 aromatic heterocycles. The van der Waals surface area contributed by atoms with E-state index in [-0.39, 0.29) is 5.75 Å². The standard InChI is InChI=1S/C27H26O5S/c1-29-21-16-22(30-2)20(26-15-19-9-5-6-11-25(19)33-26)14-18(21)10-7-8-17-12-23(31-3)27(28)24(13-17)32-4/h5-7,9-16,28H,8H2,1-4H3. The van der Waals surface area contributed by atoms with Gasteiger partial charge in [-0.3, -0.25) is 0 Å². The largest absolute Gasteiger partial charge is 0.502 e. The highest BCUT2D eigenvalue weighted by Gasteiger charge is 2.14. The average molecular weight is 463 g/mol. The molecule has 0 amide bonds. The van der Waals surface area contributed by atoms with Crippen LogP contribution in [0.2, 0.25) is 0 Å². The summed E-state index contributed by atoms with van der Waals surface area (Å²) in [7, 11) is 6.37. The van der Waals surface area contributed by atoms with E-state index in [4.69, 9.17) is 18.9 Å².